The molecule has 1 atom stereocenters. The molecule has 2 aromatic rings. The molecule has 20 heavy (non-hydrogen) atoms. The third-order valence-electron chi connectivity index (χ3n) is 3.24. The lowest BCUT2D eigenvalue weighted by Crippen LogP contribution is -2.31. The van der Waals surface area contributed by atoms with Crippen LogP contribution in [0, 0.1) is 13.8 Å². The highest BCUT2D eigenvalue weighted by atomic mass is 32.1. The smallest absolute Gasteiger partial charge is 0.270 e. The van der Waals surface area contributed by atoms with Crippen LogP contribution >= 0.6 is 11.3 Å². The van der Waals surface area contributed by atoms with Gasteiger partial charge in [0.15, 0.2) is 0 Å². The summed E-state index contributed by atoms with van der Waals surface area (Å²) in [6.45, 7) is 5.88. The monoisotopic (exact) mass is 291 g/mol. The molecule has 106 valence electrons. The van der Waals surface area contributed by atoms with Gasteiger partial charge in [-0.2, -0.15) is 0 Å². The summed E-state index contributed by atoms with van der Waals surface area (Å²) < 4.78 is 0. The Labute approximate surface area is 121 Å². The van der Waals surface area contributed by atoms with E-state index in [9.17, 15) is 9.59 Å². The molecule has 0 bridgehead atoms. The van der Waals surface area contributed by atoms with E-state index >= 15 is 0 Å². The van der Waals surface area contributed by atoms with Crippen molar-refractivity contribution < 1.29 is 4.79 Å². The number of hydrogen-bond donors (Lipinski definition) is 1. The number of aromatic amines is 1. The topological polar surface area (TPSA) is 66.1 Å². The lowest BCUT2D eigenvalue weighted by molar-refractivity contribution is 0.0733. The van der Waals surface area contributed by atoms with Gasteiger partial charge in [0.1, 0.15) is 5.69 Å². The first-order valence-electron chi connectivity index (χ1n) is 6.30. The number of pyridine rings is 1. The molecule has 0 unspecified atom stereocenters. The Balaban J connectivity index is 2.26. The van der Waals surface area contributed by atoms with Gasteiger partial charge in [0.2, 0.25) is 5.56 Å². The highest BCUT2D eigenvalue weighted by molar-refractivity contribution is 7.11. The van der Waals surface area contributed by atoms with Gasteiger partial charge in [-0.3, -0.25) is 9.59 Å². The molecule has 0 aromatic carbocycles. The van der Waals surface area contributed by atoms with Gasteiger partial charge in [0.25, 0.3) is 5.91 Å². The number of hydrogen-bond acceptors (Lipinski definition) is 4. The van der Waals surface area contributed by atoms with Crippen LogP contribution in [0.25, 0.3) is 0 Å². The highest BCUT2D eigenvalue weighted by Crippen LogP contribution is 2.26. The molecule has 2 aromatic heterocycles. The number of carbonyl (C=O) groups excluding carboxylic acids is 1. The third kappa shape index (κ3) is 2.80. The fraction of sp³-hybridized carbons (Fsp3) is 0.357. The molecule has 5 nitrogen and oxygen atoms in total. The van der Waals surface area contributed by atoms with E-state index in [4.69, 9.17) is 0 Å². The number of aryl methyl sites for hydroxylation is 2. The molecule has 6 heteroatoms. The van der Waals surface area contributed by atoms with Gasteiger partial charge in [-0.05, 0) is 26.8 Å². The van der Waals surface area contributed by atoms with Crippen molar-refractivity contribution in [1.29, 1.82) is 0 Å². The summed E-state index contributed by atoms with van der Waals surface area (Å²) in [7, 11) is 1.71. The van der Waals surface area contributed by atoms with Crippen molar-refractivity contribution in [2.24, 2.45) is 0 Å². The lowest BCUT2D eigenvalue weighted by atomic mass is 10.2. The number of thiazole rings is 1. The van der Waals surface area contributed by atoms with Crippen molar-refractivity contribution >= 4 is 17.2 Å². The Hall–Kier alpha value is -1.95. The van der Waals surface area contributed by atoms with Crippen LogP contribution in [0.15, 0.2) is 23.0 Å². The molecule has 0 saturated carbocycles. The zero-order valence-electron chi connectivity index (χ0n) is 11.9. The fourth-order valence-corrected chi connectivity index (χ4v) is 2.96. The molecule has 1 amide bonds. The first-order chi connectivity index (χ1) is 9.40. The summed E-state index contributed by atoms with van der Waals surface area (Å²) in [5, 5.41) is 0.985. The Bertz CT molecular complexity index is 690. The van der Waals surface area contributed by atoms with Crippen LogP contribution in [-0.2, 0) is 0 Å². The summed E-state index contributed by atoms with van der Waals surface area (Å²) in [6, 6.07) is 4.42. The largest absolute Gasteiger partial charge is 0.332 e. The van der Waals surface area contributed by atoms with E-state index in [1.165, 1.54) is 6.07 Å². The Morgan fingerprint density at radius 2 is 2.10 bits per heavy atom. The van der Waals surface area contributed by atoms with Crippen LogP contribution < -0.4 is 5.56 Å². The first kappa shape index (κ1) is 14.5. The van der Waals surface area contributed by atoms with Crippen LogP contribution in [0.1, 0.15) is 39.0 Å². The predicted octanol–water partition coefficient (Wildman–Crippen LogP) is 2.28. The van der Waals surface area contributed by atoms with E-state index in [1.807, 2.05) is 20.8 Å². The van der Waals surface area contributed by atoms with Crippen molar-refractivity contribution in [3.63, 3.8) is 0 Å². The number of H-pyrrole nitrogens is 1. The van der Waals surface area contributed by atoms with Crippen molar-refractivity contribution in [1.82, 2.24) is 14.9 Å². The zero-order chi connectivity index (χ0) is 14.9. The summed E-state index contributed by atoms with van der Waals surface area (Å²) in [5.41, 5.74) is 0.913. The Morgan fingerprint density at radius 1 is 1.40 bits per heavy atom. The minimum Gasteiger partial charge on any atom is -0.332 e. The number of nitrogens with one attached hydrogen (secondary N) is 1. The van der Waals surface area contributed by atoms with Crippen molar-refractivity contribution in [3.8, 4) is 0 Å². The molecule has 0 fully saturated rings. The van der Waals surface area contributed by atoms with Crippen molar-refractivity contribution in [2.75, 3.05) is 7.05 Å². The van der Waals surface area contributed by atoms with Crippen LogP contribution in [0.2, 0.25) is 0 Å². The molecule has 0 aliphatic rings. The second kappa shape index (κ2) is 5.58. The van der Waals surface area contributed by atoms with Gasteiger partial charge >= 0.3 is 0 Å². The Morgan fingerprint density at radius 3 is 2.65 bits per heavy atom. The van der Waals surface area contributed by atoms with Gasteiger partial charge in [0.05, 0.1) is 16.7 Å². The molecule has 1 N–H and O–H groups in total. The normalized spacial score (nSPS) is 12.2. The number of aromatic nitrogens is 2. The van der Waals surface area contributed by atoms with Crippen molar-refractivity contribution in [3.05, 3.63) is 49.8 Å². The average Bonchev–Trinajstić information content (AvgIpc) is 2.75. The molecule has 0 saturated heterocycles. The maximum absolute atomic E-state index is 12.4. The maximum Gasteiger partial charge on any atom is 0.270 e. The lowest BCUT2D eigenvalue weighted by Gasteiger charge is -2.24. The third-order valence-corrected chi connectivity index (χ3v) is 4.14. The predicted molar refractivity (Wildman–Crippen MR) is 79.2 cm³/mol. The van der Waals surface area contributed by atoms with E-state index < -0.39 is 0 Å². The molecule has 0 aliphatic carbocycles. The highest BCUT2D eigenvalue weighted by Gasteiger charge is 2.23. The van der Waals surface area contributed by atoms with E-state index in [0.29, 0.717) is 0 Å². The summed E-state index contributed by atoms with van der Waals surface area (Å²) in [4.78, 5) is 33.4. The van der Waals surface area contributed by atoms with Gasteiger partial charge in [-0.15, -0.1) is 11.3 Å². The molecular weight excluding hydrogens is 274 g/mol. The summed E-state index contributed by atoms with van der Waals surface area (Å²) >= 11 is 1.62. The Kier molecular flexibility index (Phi) is 4.04. The molecule has 2 heterocycles. The number of amides is 1. The van der Waals surface area contributed by atoms with E-state index in [-0.39, 0.29) is 23.2 Å². The van der Waals surface area contributed by atoms with E-state index in [1.54, 1.807) is 35.4 Å². The number of rotatable bonds is 3. The van der Waals surface area contributed by atoms with E-state index in [2.05, 4.69) is 9.97 Å². The standard InChI is InChI=1S/C14H17N3O2S/c1-8(13-9(2)20-10(3)15-13)17(4)14(19)11-6-5-7-12(18)16-11/h5-8H,1-4H3,(H,16,18)/t8-/m0/s1. The molecule has 0 spiro atoms. The summed E-state index contributed by atoms with van der Waals surface area (Å²) in [6.07, 6.45) is 0. The minimum absolute atomic E-state index is 0.142. The molecular formula is C14H17N3O2S. The van der Waals surface area contributed by atoms with Gasteiger partial charge in [0, 0.05) is 18.0 Å². The van der Waals surface area contributed by atoms with Gasteiger partial charge < -0.3 is 9.88 Å². The average molecular weight is 291 g/mol. The van der Waals surface area contributed by atoms with Gasteiger partial charge in [-0.1, -0.05) is 6.07 Å². The quantitative estimate of drug-likeness (QED) is 0.943. The van der Waals surface area contributed by atoms with E-state index in [0.717, 1.165) is 15.6 Å². The van der Waals surface area contributed by atoms with Crippen molar-refractivity contribution in [2.45, 2.75) is 26.8 Å². The number of nitrogens with zero attached hydrogens (tertiary/aromatic N) is 2. The molecule has 0 aliphatic heterocycles. The fourth-order valence-electron chi connectivity index (χ4n) is 2.05. The van der Waals surface area contributed by atoms with Crippen LogP contribution in [-0.4, -0.2) is 27.8 Å². The second-order valence-electron chi connectivity index (χ2n) is 4.70. The minimum atomic E-state index is -0.280. The zero-order valence-corrected chi connectivity index (χ0v) is 12.7. The van der Waals surface area contributed by atoms with Gasteiger partial charge in [-0.25, -0.2) is 4.98 Å². The maximum atomic E-state index is 12.4. The first-order valence-corrected chi connectivity index (χ1v) is 7.12. The second-order valence-corrected chi connectivity index (χ2v) is 6.10. The molecule has 0 radical (unpaired) electrons. The summed E-state index contributed by atoms with van der Waals surface area (Å²) in [5.74, 6) is -0.222. The number of carbonyl (C=O) groups is 1. The van der Waals surface area contributed by atoms with Crippen LogP contribution in [0.4, 0.5) is 0 Å². The van der Waals surface area contributed by atoms with Crippen LogP contribution in [0.5, 0.6) is 0 Å². The van der Waals surface area contributed by atoms with Crippen LogP contribution in [0.3, 0.4) is 0 Å². The molecule has 2 rings (SSSR count). The SMILES string of the molecule is Cc1nc([C@H](C)N(C)C(=O)c2cccc(=O)[nH]2)c(C)s1.